The van der Waals surface area contributed by atoms with Gasteiger partial charge in [-0.15, -0.1) is 0 Å². The number of hydrogen-bond acceptors (Lipinski definition) is 8. The zero-order chi connectivity index (χ0) is 27.4. The molecule has 200 valence electrons. The molecule has 0 spiro atoms. The Morgan fingerprint density at radius 1 is 1.10 bits per heavy atom. The molecule has 0 radical (unpaired) electrons. The van der Waals surface area contributed by atoms with E-state index in [1.54, 1.807) is 30.4 Å². The van der Waals surface area contributed by atoms with Gasteiger partial charge in [0.2, 0.25) is 5.91 Å². The average molecular weight is 525 g/mol. The summed E-state index contributed by atoms with van der Waals surface area (Å²) in [5.41, 5.74) is 12.0. The number of amides is 1. The highest BCUT2D eigenvalue weighted by atomic mass is 16.5. The van der Waals surface area contributed by atoms with Gasteiger partial charge in [-0.1, -0.05) is 0 Å². The molecule has 1 aliphatic heterocycles. The highest BCUT2D eigenvalue weighted by Gasteiger charge is 2.28. The van der Waals surface area contributed by atoms with Crippen LogP contribution in [0.1, 0.15) is 25.0 Å². The van der Waals surface area contributed by atoms with Crippen molar-refractivity contribution in [1.29, 1.82) is 5.26 Å². The van der Waals surface area contributed by atoms with E-state index in [0.717, 1.165) is 58.5 Å². The molecule has 3 aromatic rings. The number of piperazine rings is 1. The van der Waals surface area contributed by atoms with Crippen molar-refractivity contribution < 1.29 is 9.53 Å². The van der Waals surface area contributed by atoms with E-state index in [0.29, 0.717) is 44.1 Å². The van der Waals surface area contributed by atoms with Gasteiger partial charge in [0.1, 0.15) is 11.9 Å². The van der Waals surface area contributed by atoms with Crippen LogP contribution in [0.3, 0.4) is 0 Å². The molecule has 1 fully saturated rings. The number of hydrogen-bond donors (Lipinski definition) is 1. The van der Waals surface area contributed by atoms with E-state index in [1.807, 2.05) is 36.3 Å². The molecule has 3 aromatic heterocycles. The number of nitrogens with zero attached hydrogens (tertiary/aromatic N) is 7. The van der Waals surface area contributed by atoms with Crippen LogP contribution >= 0.6 is 0 Å². The minimum atomic E-state index is 0.150. The Morgan fingerprint density at radius 2 is 1.90 bits per heavy atom. The number of anilines is 1. The lowest BCUT2D eigenvalue weighted by Crippen LogP contribution is -2.49. The second-order valence-corrected chi connectivity index (χ2v) is 9.77. The van der Waals surface area contributed by atoms with E-state index in [4.69, 9.17) is 15.5 Å². The summed E-state index contributed by atoms with van der Waals surface area (Å²) in [5, 5.41) is 13.9. The number of nitrogens with two attached hydrogens (primary N) is 1. The molecule has 0 bridgehead atoms. The molecule has 5 rings (SSSR count). The summed E-state index contributed by atoms with van der Waals surface area (Å²) in [7, 11) is 3.54. The Hall–Kier alpha value is -4.49. The van der Waals surface area contributed by atoms with Crippen molar-refractivity contribution in [1.82, 2.24) is 24.6 Å². The summed E-state index contributed by atoms with van der Waals surface area (Å²) in [5.74, 6) is 0.996. The lowest BCUT2D eigenvalue weighted by atomic mass is 9.98. The Kier molecular flexibility index (Phi) is 7.70. The fourth-order valence-electron chi connectivity index (χ4n) is 5.26. The van der Waals surface area contributed by atoms with Crippen LogP contribution in [0.4, 0.5) is 5.82 Å². The van der Waals surface area contributed by atoms with Crippen LogP contribution in [-0.4, -0.2) is 70.5 Å². The fourth-order valence-corrected chi connectivity index (χ4v) is 5.26. The monoisotopic (exact) mass is 524 g/mol. The molecule has 1 saturated heterocycles. The van der Waals surface area contributed by atoms with E-state index >= 15 is 0 Å². The minimum Gasteiger partial charge on any atom is -0.403 e. The first-order valence-corrected chi connectivity index (χ1v) is 13.0. The van der Waals surface area contributed by atoms with Crippen molar-refractivity contribution in [2.24, 2.45) is 12.8 Å². The van der Waals surface area contributed by atoms with E-state index < -0.39 is 0 Å². The maximum Gasteiger partial charge on any atom is 0.249 e. The third-order valence-electron chi connectivity index (χ3n) is 7.33. The summed E-state index contributed by atoms with van der Waals surface area (Å²) in [4.78, 5) is 26.6. The van der Waals surface area contributed by atoms with Crippen molar-refractivity contribution in [2.75, 3.05) is 44.8 Å². The molecule has 1 amide bonds. The van der Waals surface area contributed by atoms with E-state index in [9.17, 15) is 10.1 Å². The van der Waals surface area contributed by atoms with Gasteiger partial charge < -0.3 is 20.3 Å². The molecule has 4 heterocycles. The van der Waals surface area contributed by atoms with Gasteiger partial charge in [-0.25, -0.2) is 4.98 Å². The number of ether oxygens (including phenoxy) is 1. The first-order chi connectivity index (χ1) is 19.0. The number of nitriles is 1. The number of methoxy groups -OCH3 is 1. The molecule has 0 unspecified atom stereocenters. The Labute approximate surface area is 228 Å². The summed E-state index contributed by atoms with van der Waals surface area (Å²) in [6, 6.07) is 8.08. The number of aryl methyl sites for hydroxylation is 1. The van der Waals surface area contributed by atoms with Crippen molar-refractivity contribution in [3.8, 4) is 28.3 Å². The standard InChI is InChI=1S/C29H32N8O2/c1-35-18-24(17-34-35)22-12-26(28(33-16-22)23(13-30)14-31)20-6-7-27(32-15-20)36-8-10-37(11-9-36)29(38)25-5-3-4-21(25)19-39-2/h6-7,12-13,15-18H,3-5,8-11,19,30H2,1-2H3. The molecular formula is C29H32N8O2. The van der Waals surface area contributed by atoms with Gasteiger partial charge in [0.15, 0.2) is 0 Å². The molecule has 2 N–H and O–H groups in total. The zero-order valence-corrected chi connectivity index (χ0v) is 22.3. The predicted octanol–water partition coefficient (Wildman–Crippen LogP) is 3.14. The van der Waals surface area contributed by atoms with Crippen LogP contribution in [-0.2, 0) is 16.6 Å². The van der Waals surface area contributed by atoms with E-state index in [-0.39, 0.29) is 5.91 Å². The highest BCUT2D eigenvalue weighted by Crippen LogP contribution is 2.32. The van der Waals surface area contributed by atoms with Crippen LogP contribution in [0.25, 0.3) is 27.8 Å². The van der Waals surface area contributed by atoms with Crippen molar-refractivity contribution >= 4 is 17.3 Å². The summed E-state index contributed by atoms with van der Waals surface area (Å²) < 4.78 is 7.03. The van der Waals surface area contributed by atoms with Gasteiger partial charge >= 0.3 is 0 Å². The van der Waals surface area contributed by atoms with Gasteiger partial charge in [-0.3, -0.25) is 14.5 Å². The number of carbonyl (C=O) groups is 1. The number of allylic oxidation sites excluding steroid dienone is 1. The zero-order valence-electron chi connectivity index (χ0n) is 22.3. The van der Waals surface area contributed by atoms with Crippen molar-refractivity contribution in [2.45, 2.75) is 19.3 Å². The maximum absolute atomic E-state index is 13.1. The molecule has 10 nitrogen and oxygen atoms in total. The molecule has 2 aliphatic rings. The smallest absolute Gasteiger partial charge is 0.249 e. The van der Waals surface area contributed by atoms with Gasteiger partial charge in [-0.05, 0) is 43.0 Å². The molecule has 39 heavy (non-hydrogen) atoms. The summed E-state index contributed by atoms with van der Waals surface area (Å²) in [6.07, 6.45) is 11.3. The summed E-state index contributed by atoms with van der Waals surface area (Å²) in [6.45, 7) is 3.27. The second-order valence-electron chi connectivity index (χ2n) is 9.77. The number of carbonyl (C=O) groups excluding carboxylic acids is 1. The van der Waals surface area contributed by atoms with Crippen LogP contribution in [0.5, 0.6) is 0 Å². The third kappa shape index (κ3) is 5.40. The summed E-state index contributed by atoms with van der Waals surface area (Å²) >= 11 is 0. The fraction of sp³-hybridized carbons (Fsp3) is 0.345. The first kappa shape index (κ1) is 26.1. The lowest BCUT2D eigenvalue weighted by molar-refractivity contribution is -0.127. The molecule has 1 aliphatic carbocycles. The van der Waals surface area contributed by atoms with Gasteiger partial charge in [0.25, 0.3) is 0 Å². The number of rotatable bonds is 7. The van der Waals surface area contributed by atoms with Gasteiger partial charge in [0.05, 0.1) is 24.1 Å². The minimum absolute atomic E-state index is 0.150. The van der Waals surface area contributed by atoms with Crippen LogP contribution < -0.4 is 10.6 Å². The third-order valence-corrected chi connectivity index (χ3v) is 7.33. The lowest BCUT2D eigenvalue weighted by Gasteiger charge is -2.36. The number of aromatic nitrogens is 4. The number of pyridine rings is 2. The largest absolute Gasteiger partial charge is 0.403 e. The molecule has 0 aromatic carbocycles. The van der Waals surface area contributed by atoms with Crippen LogP contribution in [0.15, 0.2) is 60.3 Å². The quantitative estimate of drug-likeness (QED) is 0.467. The first-order valence-electron chi connectivity index (χ1n) is 13.0. The Bertz CT molecular complexity index is 1460. The Balaban J connectivity index is 1.34. The SMILES string of the molecule is COCC1=C(C(=O)N2CCN(c3ccc(-c4cc(-c5cnn(C)c5)cnc4C(C#N)=CN)cn3)CC2)CCC1. The van der Waals surface area contributed by atoms with E-state index in [2.05, 4.69) is 21.1 Å². The second kappa shape index (κ2) is 11.5. The average Bonchev–Trinajstić information content (AvgIpc) is 3.63. The Morgan fingerprint density at radius 3 is 2.54 bits per heavy atom. The van der Waals surface area contributed by atoms with Crippen molar-refractivity contribution in [3.63, 3.8) is 0 Å². The molecule has 10 heteroatoms. The normalized spacial score (nSPS) is 16.1. The molecule has 0 atom stereocenters. The predicted molar refractivity (Wildman–Crippen MR) is 149 cm³/mol. The topological polar surface area (TPSA) is 126 Å². The van der Waals surface area contributed by atoms with Crippen molar-refractivity contribution in [3.05, 3.63) is 66.0 Å². The van der Waals surface area contributed by atoms with Gasteiger partial charge in [0, 0.05) is 93.0 Å². The van der Waals surface area contributed by atoms with Gasteiger partial charge in [-0.2, -0.15) is 10.4 Å². The van der Waals surface area contributed by atoms with Crippen LogP contribution in [0, 0.1) is 11.3 Å². The highest BCUT2D eigenvalue weighted by molar-refractivity contribution is 5.95. The molecular weight excluding hydrogens is 492 g/mol. The van der Waals surface area contributed by atoms with E-state index in [1.165, 1.54) is 6.20 Å². The molecule has 0 saturated carbocycles. The van der Waals surface area contributed by atoms with Crippen LogP contribution in [0.2, 0.25) is 0 Å². The maximum atomic E-state index is 13.1.